The Morgan fingerprint density at radius 3 is 2.31 bits per heavy atom. The number of ether oxygens (including phenoxy) is 2. The minimum Gasteiger partial charge on any atom is -0.772 e. The maximum Gasteiger partial charge on any atom is 0.246 e. The van der Waals surface area contributed by atoms with Gasteiger partial charge in [-0.05, 0) is 45.2 Å². The minimum atomic E-state index is -2.36. The van der Waals surface area contributed by atoms with Crippen LogP contribution in [-0.4, -0.2) is 108 Å². The number of nitrogens with zero attached hydrogens (tertiary/aromatic N) is 2. The maximum atomic E-state index is 13.8. The Hall–Kier alpha value is -2.45. The second-order valence-corrected chi connectivity index (χ2v) is 11.7. The van der Waals surface area contributed by atoms with E-state index >= 15 is 0 Å². The first-order chi connectivity index (χ1) is 19.9. The predicted octanol–water partition coefficient (Wildman–Crippen LogP) is 1.23. The maximum absolute atomic E-state index is 13.8. The Kier molecular flexibility index (Phi) is 17.0. The molecule has 0 bridgehead atoms. The lowest BCUT2D eigenvalue weighted by Crippen LogP contribution is -2.59. The molecule has 1 fully saturated rings. The van der Waals surface area contributed by atoms with E-state index in [0.717, 1.165) is 13.0 Å². The van der Waals surface area contributed by atoms with Gasteiger partial charge in [-0.1, -0.05) is 45.0 Å². The number of hydrogen-bond donors (Lipinski definition) is 4. The molecular formula is C29H53N6O6S-. The lowest BCUT2D eigenvalue weighted by atomic mass is 9.99. The van der Waals surface area contributed by atoms with Gasteiger partial charge < -0.3 is 45.1 Å². The standard InChI is InChI=1S/C29H54N6O6S/c1-11-23(31-13-3)26(24(12-2)32-20(6)21(7)40-9)35(16-17-42(38)39)29(41-10)33-27(36)25(19(4)5)34(8)28(37)22-14-15-30-18-22/h11,19,21-22,24-25,29-32H,1,6,12-18H2,2-5,7-10H3,(H,33,36)(H,38,39)/p-1/b26-23+/t21-,22-,24?,25-,29?/m0/s1. The summed E-state index contributed by atoms with van der Waals surface area (Å²) in [6.45, 7) is 19.6. The monoisotopic (exact) mass is 613 g/mol. The minimum absolute atomic E-state index is 0.00626. The summed E-state index contributed by atoms with van der Waals surface area (Å²) in [7, 11) is 4.68. The zero-order chi connectivity index (χ0) is 32.0. The molecule has 6 atom stereocenters. The molecular weight excluding hydrogens is 560 g/mol. The van der Waals surface area contributed by atoms with Crippen molar-refractivity contribution in [1.29, 1.82) is 0 Å². The van der Waals surface area contributed by atoms with Crippen LogP contribution >= 0.6 is 0 Å². The van der Waals surface area contributed by atoms with E-state index in [4.69, 9.17) is 9.47 Å². The first kappa shape index (κ1) is 37.6. The van der Waals surface area contributed by atoms with E-state index in [1.807, 2.05) is 34.6 Å². The Morgan fingerprint density at radius 2 is 1.86 bits per heavy atom. The van der Waals surface area contributed by atoms with Gasteiger partial charge in [0, 0.05) is 52.4 Å². The van der Waals surface area contributed by atoms with Crippen LogP contribution in [0, 0.1) is 11.8 Å². The van der Waals surface area contributed by atoms with Crippen molar-refractivity contribution in [1.82, 2.24) is 31.1 Å². The fourth-order valence-electron chi connectivity index (χ4n) is 5.07. The van der Waals surface area contributed by atoms with Crippen molar-refractivity contribution in [2.24, 2.45) is 11.8 Å². The number of carbonyl (C=O) groups is 2. The summed E-state index contributed by atoms with van der Waals surface area (Å²) in [5, 5.41) is 12.9. The van der Waals surface area contributed by atoms with E-state index in [1.54, 1.807) is 25.1 Å². The van der Waals surface area contributed by atoms with Gasteiger partial charge in [0.15, 0.2) is 0 Å². The third-order valence-electron chi connectivity index (χ3n) is 7.44. The highest BCUT2D eigenvalue weighted by Crippen LogP contribution is 2.23. The largest absolute Gasteiger partial charge is 0.772 e. The van der Waals surface area contributed by atoms with Crippen LogP contribution in [0.15, 0.2) is 36.3 Å². The van der Waals surface area contributed by atoms with Crippen molar-refractivity contribution in [2.75, 3.05) is 53.2 Å². The van der Waals surface area contributed by atoms with Gasteiger partial charge in [0.1, 0.15) is 6.04 Å². The van der Waals surface area contributed by atoms with Crippen LogP contribution < -0.4 is 21.3 Å². The van der Waals surface area contributed by atoms with Crippen molar-refractivity contribution < 1.29 is 27.8 Å². The van der Waals surface area contributed by atoms with Gasteiger partial charge in [-0.3, -0.25) is 13.8 Å². The second kappa shape index (κ2) is 19.0. The van der Waals surface area contributed by atoms with E-state index < -0.39 is 29.4 Å². The summed E-state index contributed by atoms with van der Waals surface area (Å²) >= 11 is -2.36. The van der Waals surface area contributed by atoms with Crippen LogP contribution in [0.4, 0.5) is 0 Å². The van der Waals surface area contributed by atoms with Crippen molar-refractivity contribution >= 4 is 22.9 Å². The van der Waals surface area contributed by atoms with Crippen molar-refractivity contribution in [3.8, 4) is 0 Å². The Morgan fingerprint density at radius 1 is 1.19 bits per heavy atom. The van der Waals surface area contributed by atoms with Gasteiger partial charge in [0.25, 0.3) is 0 Å². The molecule has 1 saturated heterocycles. The normalized spacial score (nSPS) is 19.1. The number of carbonyl (C=O) groups excluding carboxylic acids is 2. The highest BCUT2D eigenvalue weighted by molar-refractivity contribution is 7.79. The Balaban J connectivity index is 3.57. The third-order valence-corrected chi connectivity index (χ3v) is 7.96. The van der Waals surface area contributed by atoms with Crippen LogP contribution in [0.1, 0.15) is 47.5 Å². The smallest absolute Gasteiger partial charge is 0.246 e. The second-order valence-electron chi connectivity index (χ2n) is 10.7. The van der Waals surface area contributed by atoms with Crippen molar-refractivity contribution in [3.63, 3.8) is 0 Å². The molecule has 0 saturated carbocycles. The molecule has 2 amide bonds. The van der Waals surface area contributed by atoms with Gasteiger partial charge in [-0.2, -0.15) is 0 Å². The summed E-state index contributed by atoms with van der Waals surface area (Å²) in [5.41, 5.74) is 1.91. The molecule has 3 unspecified atom stereocenters. The summed E-state index contributed by atoms with van der Waals surface area (Å²) in [6, 6.07) is -1.15. The SMILES string of the molecule is C=C/C(NCC)=C(/C(CC)NC(=C)[C@H](C)OC)N(CCS(=O)[O-])C(NC(=O)[C@H](C(C)C)N(C)C(=O)[C@H]1CCNC1)OC. The number of hydrogen-bond acceptors (Lipinski definition) is 10. The molecule has 12 nitrogen and oxygen atoms in total. The van der Waals surface area contributed by atoms with Gasteiger partial charge in [-0.25, -0.2) is 0 Å². The third kappa shape index (κ3) is 10.7. The van der Waals surface area contributed by atoms with Crippen LogP contribution in [-0.2, 0) is 30.1 Å². The van der Waals surface area contributed by atoms with Crippen molar-refractivity contribution in [3.05, 3.63) is 36.3 Å². The molecule has 1 aliphatic heterocycles. The zero-order valence-corrected chi connectivity index (χ0v) is 27.5. The van der Waals surface area contributed by atoms with Gasteiger partial charge in [0.2, 0.25) is 18.2 Å². The number of methoxy groups -OCH3 is 2. The van der Waals surface area contributed by atoms with Crippen LogP contribution in [0.3, 0.4) is 0 Å². The molecule has 0 aromatic carbocycles. The van der Waals surface area contributed by atoms with Gasteiger partial charge >= 0.3 is 0 Å². The highest BCUT2D eigenvalue weighted by atomic mass is 32.2. The lowest BCUT2D eigenvalue weighted by molar-refractivity contribution is -0.147. The zero-order valence-electron chi connectivity index (χ0n) is 26.7. The molecule has 0 radical (unpaired) electrons. The molecule has 42 heavy (non-hydrogen) atoms. The van der Waals surface area contributed by atoms with E-state index in [9.17, 15) is 18.4 Å². The summed E-state index contributed by atoms with van der Waals surface area (Å²) < 4.78 is 34.8. The van der Waals surface area contributed by atoms with Crippen LogP contribution in [0.5, 0.6) is 0 Å². The summed E-state index contributed by atoms with van der Waals surface area (Å²) in [6.07, 6.45) is 1.60. The van der Waals surface area contributed by atoms with E-state index in [-0.39, 0.29) is 42.2 Å². The van der Waals surface area contributed by atoms with Crippen LogP contribution in [0.2, 0.25) is 0 Å². The van der Waals surface area contributed by atoms with E-state index in [0.29, 0.717) is 36.6 Å². The molecule has 13 heteroatoms. The fourth-order valence-corrected chi connectivity index (χ4v) is 5.42. The molecule has 0 aromatic heterocycles. The number of rotatable bonds is 20. The number of nitrogens with one attached hydrogen (secondary N) is 4. The molecule has 1 rings (SSSR count). The first-order valence-corrected chi connectivity index (χ1v) is 15.8. The molecule has 1 heterocycles. The topological polar surface area (TPSA) is 147 Å². The molecule has 0 aromatic rings. The average Bonchev–Trinajstić information content (AvgIpc) is 3.50. The predicted molar refractivity (Wildman–Crippen MR) is 166 cm³/mol. The lowest BCUT2D eigenvalue weighted by Gasteiger charge is -2.41. The summed E-state index contributed by atoms with van der Waals surface area (Å²) in [5.74, 6) is -1.10. The number of likely N-dealkylation sites (N-methyl/N-ethyl adjacent to an activating group) is 2. The molecule has 0 spiro atoms. The molecule has 0 aliphatic carbocycles. The van der Waals surface area contributed by atoms with E-state index in [2.05, 4.69) is 34.4 Å². The molecule has 242 valence electrons. The summed E-state index contributed by atoms with van der Waals surface area (Å²) in [4.78, 5) is 30.3. The fraction of sp³-hybridized carbons (Fsp3) is 0.724. The van der Waals surface area contributed by atoms with Crippen LogP contribution in [0.25, 0.3) is 0 Å². The first-order valence-electron chi connectivity index (χ1n) is 14.6. The number of amides is 2. The Labute approximate surface area is 255 Å². The molecule has 1 aliphatic rings. The quantitative estimate of drug-likeness (QED) is 0.0898. The number of allylic oxidation sites excluding steroid dienone is 1. The highest BCUT2D eigenvalue weighted by Gasteiger charge is 2.37. The van der Waals surface area contributed by atoms with E-state index in [1.165, 1.54) is 12.0 Å². The Bertz CT molecular complexity index is 955. The van der Waals surface area contributed by atoms with Crippen molar-refractivity contribution in [2.45, 2.75) is 72.0 Å². The van der Waals surface area contributed by atoms with Gasteiger partial charge in [0.05, 0.1) is 29.5 Å². The van der Waals surface area contributed by atoms with Gasteiger partial charge in [-0.15, -0.1) is 0 Å². The molecule has 4 N–H and O–H groups in total. The average molecular weight is 614 g/mol.